The second-order valence-electron chi connectivity index (χ2n) is 4.62. The lowest BCUT2D eigenvalue weighted by molar-refractivity contribution is 0.542. The van der Waals surface area contributed by atoms with Crippen LogP contribution in [0.2, 0.25) is 0 Å². The first kappa shape index (κ1) is 16.2. The number of hydrogen-bond acceptors (Lipinski definition) is 5. The molecule has 0 aliphatic carbocycles. The van der Waals surface area contributed by atoms with Crippen molar-refractivity contribution in [2.45, 2.75) is 11.4 Å². The van der Waals surface area contributed by atoms with E-state index in [1.165, 1.54) is 6.20 Å². The van der Waals surface area contributed by atoms with Crippen molar-refractivity contribution in [3.8, 4) is 0 Å². The van der Waals surface area contributed by atoms with Crippen LogP contribution in [-0.4, -0.2) is 32.5 Å². The van der Waals surface area contributed by atoms with Gasteiger partial charge in [-0.3, -0.25) is 0 Å². The largest absolute Gasteiger partial charge is 0.363 e. The first-order valence-corrected chi connectivity index (χ1v) is 7.72. The Labute approximate surface area is 126 Å². The van der Waals surface area contributed by atoms with Crippen LogP contribution in [0.3, 0.4) is 0 Å². The van der Waals surface area contributed by atoms with Crippen LogP contribution in [0.1, 0.15) is 5.82 Å². The molecule has 0 saturated carbocycles. The Morgan fingerprint density at radius 1 is 1.23 bits per heavy atom. The van der Waals surface area contributed by atoms with E-state index in [9.17, 15) is 17.2 Å². The first-order chi connectivity index (χ1) is 10.3. The highest BCUT2D eigenvalue weighted by Crippen LogP contribution is 2.15. The molecule has 0 aliphatic rings. The average molecular weight is 328 g/mol. The van der Waals surface area contributed by atoms with E-state index in [-0.39, 0.29) is 12.4 Å². The van der Waals surface area contributed by atoms with E-state index >= 15 is 0 Å². The molecule has 0 aliphatic heterocycles. The summed E-state index contributed by atoms with van der Waals surface area (Å²) in [6.45, 7) is -0.208. The van der Waals surface area contributed by atoms with Gasteiger partial charge in [0.2, 0.25) is 10.0 Å². The van der Waals surface area contributed by atoms with Gasteiger partial charge in [-0.05, 0) is 18.2 Å². The van der Waals surface area contributed by atoms with Gasteiger partial charge in [-0.1, -0.05) is 0 Å². The third-order valence-electron chi connectivity index (χ3n) is 2.75. The van der Waals surface area contributed by atoms with Crippen LogP contribution in [0.5, 0.6) is 0 Å². The summed E-state index contributed by atoms with van der Waals surface area (Å²) in [5.41, 5.74) is 0. The van der Waals surface area contributed by atoms with E-state index < -0.39 is 26.6 Å². The van der Waals surface area contributed by atoms with E-state index in [4.69, 9.17) is 0 Å². The quantitative estimate of drug-likeness (QED) is 0.895. The second-order valence-corrected chi connectivity index (χ2v) is 6.36. The maximum Gasteiger partial charge on any atom is 0.243 e. The summed E-state index contributed by atoms with van der Waals surface area (Å²) in [5, 5.41) is 0. The molecule has 0 radical (unpaired) electrons. The van der Waals surface area contributed by atoms with Crippen LogP contribution in [0.25, 0.3) is 0 Å². The predicted octanol–water partition coefficient (Wildman–Crippen LogP) is 1.30. The summed E-state index contributed by atoms with van der Waals surface area (Å²) >= 11 is 0. The van der Waals surface area contributed by atoms with E-state index in [2.05, 4.69) is 14.7 Å². The average Bonchev–Trinajstić information content (AvgIpc) is 2.45. The number of anilines is 1. The minimum Gasteiger partial charge on any atom is -0.363 e. The molecule has 0 atom stereocenters. The third-order valence-corrected chi connectivity index (χ3v) is 4.19. The Bertz CT molecular complexity index is 781. The van der Waals surface area contributed by atoms with E-state index in [1.54, 1.807) is 25.1 Å². The van der Waals surface area contributed by atoms with Crippen molar-refractivity contribution in [1.82, 2.24) is 14.7 Å². The Balaban J connectivity index is 2.18. The topological polar surface area (TPSA) is 75.2 Å². The van der Waals surface area contributed by atoms with Crippen LogP contribution in [0, 0.1) is 11.6 Å². The zero-order chi connectivity index (χ0) is 16.3. The number of nitrogens with zero attached hydrogens (tertiary/aromatic N) is 3. The molecule has 0 saturated heterocycles. The number of benzene rings is 1. The van der Waals surface area contributed by atoms with Gasteiger partial charge >= 0.3 is 0 Å². The molecule has 0 fully saturated rings. The predicted molar refractivity (Wildman–Crippen MR) is 76.7 cm³/mol. The monoisotopic (exact) mass is 328 g/mol. The number of nitrogens with one attached hydrogen (secondary N) is 1. The second kappa shape index (κ2) is 6.32. The molecule has 0 spiro atoms. The molecular formula is C13H14F2N4O2S. The van der Waals surface area contributed by atoms with Gasteiger partial charge in [0, 0.05) is 26.4 Å². The van der Waals surface area contributed by atoms with E-state index in [0.717, 1.165) is 12.1 Å². The lowest BCUT2D eigenvalue weighted by Gasteiger charge is -2.12. The van der Waals surface area contributed by atoms with Crippen molar-refractivity contribution in [3.05, 3.63) is 47.9 Å². The van der Waals surface area contributed by atoms with Crippen molar-refractivity contribution in [3.63, 3.8) is 0 Å². The molecule has 9 heteroatoms. The number of rotatable bonds is 5. The molecular weight excluding hydrogens is 314 g/mol. The van der Waals surface area contributed by atoms with Crippen molar-refractivity contribution >= 4 is 15.8 Å². The van der Waals surface area contributed by atoms with Gasteiger partial charge in [-0.2, -0.15) is 0 Å². The molecule has 1 heterocycles. The summed E-state index contributed by atoms with van der Waals surface area (Å²) in [7, 11) is -0.560. The Kier molecular flexibility index (Phi) is 4.67. The fraction of sp³-hybridized carbons (Fsp3) is 0.231. The minimum atomic E-state index is -4.12. The van der Waals surface area contributed by atoms with Crippen LogP contribution in [-0.2, 0) is 16.6 Å². The molecule has 2 rings (SSSR count). The van der Waals surface area contributed by atoms with Gasteiger partial charge in [-0.15, -0.1) is 0 Å². The lowest BCUT2D eigenvalue weighted by Crippen LogP contribution is -2.25. The van der Waals surface area contributed by atoms with Gasteiger partial charge in [0.15, 0.2) is 0 Å². The summed E-state index contributed by atoms with van der Waals surface area (Å²) in [6, 6.07) is 3.92. The summed E-state index contributed by atoms with van der Waals surface area (Å²) in [5.74, 6) is -1.16. The van der Waals surface area contributed by atoms with Gasteiger partial charge in [0.1, 0.15) is 28.2 Å². The zero-order valence-electron chi connectivity index (χ0n) is 11.9. The fourth-order valence-electron chi connectivity index (χ4n) is 1.65. The molecule has 22 heavy (non-hydrogen) atoms. The van der Waals surface area contributed by atoms with Crippen molar-refractivity contribution in [1.29, 1.82) is 0 Å². The van der Waals surface area contributed by atoms with Crippen LogP contribution < -0.4 is 9.62 Å². The molecule has 2 aromatic rings. The van der Waals surface area contributed by atoms with Gasteiger partial charge in [0.25, 0.3) is 0 Å². The molecule has 1 N–H and O–H groups in total. The lowest BCUT2D eigenvalue weighted by atomic mass is 10.3. The Morgan fingerprint density at radius 2 is 1.95 bits per heavy atom. The number of aromatic nitrogens is 2. The zero-order valence-corrected chi connectivity index (χ0v) is 12.7. The van der Waals surface area contributed by atoms with Crippen LogP contribution >= 0.6 is 0 Å². The standard InChI is InChI=1S/C13H14F2N4O2S/c1-19(2)13-5-6-16-12(18-13)8-17-22(20,21)11-4-3-9(14)7-10(11)15/h3-7,17H,8H2,1-2H3. The molecule has 6 nitrogen and oxygen atoms in total. The molecule has 1 aromatic carbocycles. The van der Waals surface area contributed by atoms with E-state index in [0.29, 0.717) is 11.9 Å². The van der Waals surface area contributed by atoms with Crippen LogP contribution in [0.4, 0.5) is 14.6 Å². The Hall–Kier alpha value is -2.13. The number of hydrogen-bond donors (Lipinski definition) is 1. The summed E-state index contributed by atoms with van der Waals surface area (Å²) in [4.78, 5) is 9.18. The van der Waals surface area contributed by atoms with E-state index in [1.807, 2.05) is 0 Å². The van der Waals surface area contributed by atoms with Gasteiger partial charge in [-0.25, -0.2) is 31.9 Å². The molecule has 0 amide bonds. The number of halogens is 2. The maximum absolute atomic E-state index is 13.5. The molecule has 118 valence electrons. The van der Waals surface area contributed by atoms with Crippen molar-refractivity contribution in [2.24, 2.45) is 0 Å². The molecule has 0 bridgehead atoms. The highest BCUT2D eigenvalue weighted by atomic mass is 32.2. The highest BCUT2D eigenvalue weighted by Gasteiger charge is 2.19. The third kappa shape index (κ3) is 3.74. The first-order valence-electron chi connectivity index (χ1n) is 6.23. The highest BCUT2D eigenvalue weighted by molar-refractivity contribution is 7.89. The molecule has 0 unspecified atom stereocenters. The summed E-state index contributed by atoms with van der Waals surface area (Å²) in [6.07, 6.45) is 1.49. The molecule has 1 aromatic heterocycles. The minimum absolute atomic E-state index is 0.208. The summed E-state index contributed by atoms with van der Waals surface area (Å²) < 4.78 is 52.6. The smallest absolute Gasteiger partial charge is 0.243 e. The van der Waals surface area contributed by atoms with Crippen molar-refractivity contribution in [2.75, 3.05) is 19.0 Å². The van der Waals surface area contributed by atoms with Gasteiger partial charge < -0.3 is 4.90 Å². The maximum atomic E-state index is 13.5. The van der Waals surface area contributed by atoms with Crippen molar-refractivity contribution < 1.29 is 17.2 Å². The Morgan fingerprint density at radius 3 is 2.59 bits per heavy atom. The fourth-order valence-corrected chi connectivity index (χ4v) is 2.69. The van der Waals surface area contributed by atoms with Crippen LogP contribution in [0.15, 0.2) is 35.4 Å². The normalized spacial score (nSPS) is 11.5. The SMILES string of the molecule is CN(C)c1ccnc(CNS(=O)(=O)c2ccc(F)cc2F)n1. The van der Waals surface area contributed by atoms with Gasteiger partial charge in [0.05, 0.1) is 6.54 Å². The number of sulfonamides is 1.